The summed E-state index contributed by atoms with van der Waals surface area (Å²) in [6.45, 7) is 5.91. The number of aromatic hydroxyl groups is 1. The van der Waals surface area contributed by atoms with E-state index >= 15 is 0 Å². The Bertz CT molecular complexity index is 519. The van der Waals surface area contributed by atoms with Crippen LogP contribution in [0, 0.1) is 0 Å². The summed E-state index contributed by atoms with van der Waals surface area (Å²) < 4.78 is 5.36. The van der Waals surface area contributed by atoms with Gasteiger partial charge in [-0.25, -0.2) is 0 Å². The first-order chi connectivity index (χ1) is 10.7. The van der Waals surface area contributed by atoms with E-state index in [4.69, 9.17) is 4.74 Å². The van der Waals surface area contributed by atoms with Crippen molar-refractivity contribution in [3.63, 3.8) is 0 Å². The van der Waals surface area contributed by atoms with E-state index in [0.29, 0.717) is 19.0 Å². The summed E-state index contributed by atoms with van der Waals surface area (Å²) >= 11 is 0. The monoisotopic (exact) mass is 377 g/mol. The van der Waals surface area contributed by atoms with Gasteiger partial charge in [0.25, 0.3) is 0 Å². The Morgan fingerprint density at radius 3 is 2.62 bits per heavy atom. The molecule has 136 valence electrons. The van der Waals surface area contributed by atoms with Gasteiger partial charge >= 0.3 is 0 Å². The van der Waals surface area contributed by atoms with Crippen LogP contribution < -0.4 is 5.32 Å². The fourth-order valence-electron chi connectivity index (χ4n) is 2.98. The van der Waals surface area contributed by atoms with Crippen molar-refractivity contribution in [2.45, 2.75) is 12.6 Å². The SMILES string of the molecule is Cl.Cl.O=C(C1COCCN1)N1CCN(Cc2cccc(O)c2)CC1. The van der Waals surface area contributed by atoms with Gasteiger partial charge in [0.1, 0.15) is 11.8 Å². The van der Waals surface area contributed by atoms with E-state index in [0.717, 1.165) is 44.8 Å². The molecule has 0 saturated carbocycles. The van der Waals surface area contributed by atoms with E-state index in [1.54, 1.807) is 12.1 Å². The number of carbonyl (C=O) groups excluding carboxylic acids is 1. The highest BCUT2D eigenvalue weighted by molar-refractivity contribution is 5.85. The van der Waals surface area contributed by atoms with Gasteiger partial charge in [0.15, 0.2) is 0 Å². The summed E-state index contributed by atoms with van der Waals surface area (Å²) in [7, 11) is 0. The van der Waals surface area contributed by atoms with Crippen LogP contribution in [-0.4, -0.2) is 72.8 Å². The Morgan fingerprint density at radius 1 is 1.25 bits per heavy atom. The number of hydrogen-bond donors (Lipinski definition) is 2. The third-order valence-corrected chi connectivity index (χ3v) is 4.22. The van der Waals surface area contributed by atoms with Crippen LogP contribution in [0.25, 0.3) is 0 Å². The highest BCUT2D eigenvalue weighted by atomic mass is 35.5. The fourth-order valence-corrected chi connectivity index (χ4v) is 2.98. The Morgan fingerprint density at radius 2 is 2.00 bits per heavy atom. The quantitative estimate of drug-likeness (QED) is 0.817. The minimum absolute atomic E-state index is 0. The second-order valence-electron chi connectivity index (χ2n) is 5.85. The maximum absolute atomic E-state index is 12.4. The normalized spacial score (nSPS) is 21.5. The van der Waals surface area contributed by atoms with Gasteiger partial charge in [-0.1, -0.05) is 12.1 Å². The second-order valence-corrected chi connectivity index (χ2v) is 5.85. The van der Waals surface area contributed by atoms with Crippen LogP contribution in [0.2, 0.25) is 0 Å². The average molecular weight is 378 g/mol. The van der Waals surface area contributed by atoms with Crippen molar-refractivity contribution in [1.29, 1.82) is 0 Å². The van der Waals surface area contributed by atoms with Crippen LogP contribution in [0.1, 0.15) is 5.56 Å². The Hall–Kier alpha value is -1.05. The summed E-state index contributed by atoms with van der Waals surface area (Å²) in [6, 6.07) is 7.16. The molecule has 0 bridgehead atoms. The number of hydrogen-bond acceptors (Lipinski definition) is 5. The first-order valence-corrected chi connectivity index (χ1v) is 7.82. The fraction of sp³-hybridized carbons (Fsp3) is 0.562. The zero-order valence-electron chi connectivity index (χ0n) is 13.5. The lowest BCUT2D eigenvalue weighted by atomic mass is 10.1. The number of nitrogens with one attached hydrogen (secondary N) is 1. The summed E-state index contributed by atoms with van der Waals surface area (Å²) in [6.07, 6.45) is 0. The smallest absolute Gasteiger partial charge is 0.242 e. The van der Waals surface area contributed by atoms with Gasteiger partial charge in [-0.15, -0.1) is 24.8 Å². The molecule has 0 aromatic heterocycles. The number of ether oxygens (including phenoxy) is 1. The lowest BCUT2D eigenvalue weighted by Crippen LogP contribution is -2.57. The van der Waals surface area contributed by atoms with Crippen molar-refractivity contribution in [3.05, 3.63) is 29.8 Å². The van der Waals surface area contributed by atoms with Crippen molar-refractivity contribution in [3.8, 4) is 5.75 Å². The van der Waals surface area contributed by atoms with Crippen molar-refractivity contribution < 1.29 is 14.6 Å². The minimum Gasteiger partial charge on any atom is -0.508 e. The molecule has 2 fully saturated rings. The predicted octanol–water partition coefficient (Wildman–Crippen LogP) is 0.868. The van der Waals surface area contributed by atoms with Gasteiger partial charge in [-0.3, -0.25) is 9.69 Å². The van der Waals surface area contributed by atoms with E-state index in [9.17, 15) is 9.90 Å². The Kier molecular flexibility index (Phi) is 8.80. The Labute approximate surface area is 155 Å². The van der Waals surface area contributed by atoms with Crippen LogP contribution in [0.15, 0.2) is 24.3 Å². The molecular weight excluding hydrogens is 353 g/mol. The maximum Gasteiger partial charge on any atom is 0.242 e. The van der Waals surface area contributed by atoms with Crippen LogP contribution in [-0.2, 0) is 16.1 Å². The molecule has 2 saturated heterocycles. The van der Waals surface area contributed by atoms with Gasteiger partial charge in [-0.2, -0.15) is 0 Å². The third kappa shape index (κ3) is 5.50. The number of rotatable bonds is 3. The van der Waals surface area contributed by atoms with E-state index < -0.39 is 0 Å². The molecule has 24 heavy (non-hydrogen) atoms. The second kappa shape index (κ2) is 10.1. The highest BCUT2D eigenvalue weighted by Gasteiger charge is 2.28. The van der Waals surface area contributed by atoms with E-state index in [-0.39, 0.29) is 36.8 Å². The zero-order chi connectivity index (χ0) is 15.4. The zero-order valence-corrected chi connectivity index (χ0v) is 15.2. The number of phenols is 1. The van der Waals surface area contributed by atoms with Crippen LogP contribution in [0.5, 0.6) is 5.75 Å². The van der Waals surface area contributed by atoms with E-state index in [1.807, 2.05) is 17.0 Å². The molecule has 1 aromatic rings. The lowest BCUT2D eigenvalue weighted by Gasteiger charge is -2.37. The van der Waals surface area contributed by atoms with E-state index in [2.05, 4.69) is 10.2 Å². The average Bonchev–Trinajstić information content (AvgIpc) is 2.56. The summed E-state index contributed by atoms with van der Waals surface area (Å²) in [5.41, 5.74) is 1.10. The number of benzene rings is 1. The Balaban J connectivity index is 0.00000144. The number of piperazine rings is 1. The molecule has 1 aromatic carbocycles. The molecule has 1 atom stereocenters. The van der Waals surface area contributed by atoms with Crippen molar-refractivity contribution in [2.24, 2.45) is 0 Å². The lowest BCUT2D eigenvalue weighted by molar-refractivity contribution is -0.138. The molecule has 3 rings (SSSR count). The van der Waals surface area contributed by atoms with Gasteiger partial charge < -0.3 is 20.1 Å². The predicted molar refractivity (Wildman–Crippen MR) is 97.1 cm³/mol. The topological polar surface area (TPSA) is 65.0 Å². The van der Waals surface area contributed by atoms with Crippen LogP contribution >= 0.6 is 24.8 Å². The molecule has 2 aliphatic rings. The summed E-state index contributed by atoms with van der Waals surface area (Å²) in [4.78, 5) is 16.6. The third-order valence-electron chi connectivity index (χ3n) is 4.22. The van der Waals surface area contributed by atoms with Gasteiger partial charge in [-0.05, 0) is 17.7 Å². The van der Waals surface area contributed by atoms with Crippen molar-refractivity contribution in [1.82, 2.24) is 15.1 Å². The molecule has 6 nitrogen and oxygen atoms in total. The number of carbonyl (C=O) groups is 1. The van der Waals surface area contributed by atoms with Crippen molar-refractivity contribution in [2.75, 3.05) is 45.9 Å². The minimum atomic E-state index is -0.189. The molecule has 2 N–H and O–H groups in total. The largest absolute Gasteiger partial charge is 0.508 e. The molecule has 2 aliphatic heterocycles. The molecule has 0 radical (unpaired) electrons. The van der Waals surface area contributed by atoms with E-state index in [1.165, 1.54) is 0 Å². The first-order valence-electron chi connectivity index (χ1n) is 7.82. The highest BCUT2D eigenvalue weighted by Crippen LogP contribution is 2.14. The standard InChI is InChI=1S/C16H23N3O3.2ClH/c20-14-3-1-2-13(10-14)11-18-5-7-19(8-6-18)16(21)15-12-22-9-4-17-15;;/h1-3,10,15,17,20H,4-9,11-12H2;2*1H. The molecule has 2 heterocycles. The van der Waals surface area contributed by atoms with Crippen LogP contribution in [0.3, 0.4) is 0 Å². The number of phenolic OH excluding ortho intramolecular Hbond substituents is 1. The number of morpholine rings is 1. The van der Waals surface area contributed by atoms with Crippen molar-refractivity contribution >= 4 is 30.7 Å². The summed E-state index contributed by atoms with van der Waals surface area (Å²) in [5, 5.41) is 12.7. The van der Waals surface area contributed by atoms with Gasteiger partial charge in [0.2, 0.25) is 5.91 Å². The molecule has 8 heteroatoms. The number of amides is 1. The van der Waals surface area contributed by atoms with Crippen LogP contribution in [0.4, 0.5) is 0 Å². The summed E-state index contributed by atoms with van der Waals surface area (Å²) in [5.74, 6) is 0.450. The first kappa shape index (κ1) is 21.0. The van der Waals surface area contributed by atoms with Gasteiger partial charge in [0, 0.05) is 39.3 Å². The van der Waals surface area contributed by atoms with Gasteiger partial charge in [0.05, 0.1) is 13.2 Å². The molecular formula is C16H25Cl2N3O3. The molecule has 0 aliphatic carbocycles. The number of halogens is 2. The number of nitrogens with zero attached hydrogens (tertiary/aromatic N) is 2. The maximum atomic E-state index is 12.4. The molecule has 0 spiro atoms. The molecule has 1 unspecified atom stereocenters. The molecule has 1 amide bonds.